The van der Waals surface area contributed by atoms with E-state index in [0.717, 1.165) is 12.1 Å². The Morgan fingerprint density at radius 3 is 2.83 bits per heavy atom. The Morgan fingerprint density at radius 2 is 2.08 bits per heavy atom. The first-order valence-corrected chi connectivity index (χ1v) is 8.31. The zero-order valence-electron chi connectivity index (χ0n) is 14.3. The molecule has 3 rings (SSSR count). The number of fused-ring (bicyclic) bond motifs is 1. The van der Waals surface area contributed by atoms with E-state index < -0.39 is 5.60 Å². The summed E-state index contributed by atoms with van der Waals surface area (Å²) in [6.45, 7) is 3.90. The van der Waals surface area contributed by atoms with Gasteiger partial charge in [-0.2, -0.15) is 0 Å². The van der Waals surface area contributed by atoms with Crippen LogP contribution in [-0.2, 0) is 25.5 Å². The van der Waals surface area contributed by atoms with E-state index in [1.54, 1.807) is 12.0 Å². The lowest BCUT2D eigenvalue weighted by Crippen LogP contribution is -2.50. The fourth-order valence-electron chi connectivity index (χ4n) is 3.45. The minimum atomic E-state index is -0.795. The van der Waals surface area contributed by atoms with Crippen molar-refractivity contribution in [2.75, 3.05) is 44.9 Å². The van der Waals surface area contributed by atoms with Gasteiger partial charge in [0, 0.05) is 32.8 Å². The van der Waals surface area contributed by atoms with Crippen LogP contribution >= 0.6 is 0 Å². The van der Waals surface area contributed by atoms with Crippen LogP contribution in [-0.4, -0.2) is 62.3 Å². The molecule has 0 radical (unpaired) electrons. The summed E-state index contributed by atoms with van der Waals surface area (Å²) in [5.41, 5.74) is 1.38. The van der Waals surface area contributed by atoms with Gasteiger partial charge in [-0.3, -0.25) is 9.59 Å². The summed E-state index contributed by atoms with van der Waals surface area (Å²) in [6.07, 6.45) is 1.07. The summed E-state index contributed by atoms with van der Waals surface area (Å²) in [6, 6.07) is 7.97. The largest absolute Gasteiger partial charge is 0.377 e. The molecule has 1 fully saturated rings. The predicted molar refractivity (Wildman–Crippen MR) is 89.9 cm³/mol. The first kappa shape index (κ1) is 16.9. The van der Waals surface area contributed by atoms with Crippen LogP contribution in [0, 0.1) is 0 Å². The van der Waals surface area contributed by atoms with E-state index in [-0.39, 0.29) is 18.2 Å². The summed E-state index contributed by atoms with van der Waals surface area (Å²) in [5, 5.41) is 0. The molecular weight excluding hydrogens is 308 g/mol. The Balaban J connectivity index is 1.77. The second-order valence-corrected chi connectivity index (χ2v) is 6.48. The van der Waals surface area contributed by atoms with Gasteiger partial charge in [0.25, 0.3) is 0 Å². The second-order valence-electron chi connectivity index (χ2n) is 6.48. The molecule has 1 aromatic rings. The van der Waals surface area contributed by atoms with Crippen LogP contribution in [0.25, 0.3) is 0 Å². The van der Waals surface area contributed by atoms with Crippen molar-refractivity contribution in [1.29, 1.82) is 0 Å². The van der Waals surface area contributed by atoms with Crippen molar-refractivity contribution < 1.29 is 19.1 Å². The number of benzene rings is 1. The highest BCUT2D eigenvalue weighted by atomic mass is 16.5. The molecule has 0 N–H and O–H groups in total. The molecule has 130 valence electrons. The molecule has 1 saturated heterocycles. The van der Waals surface area contributed by atoms with Gasteiger partial charge in [0.15, 0.2) is 0 Å². The van der Waals surface area contributed by atoms with E-state index in [4.69, 9.17) is 9.47 Å². The Hall–Kier alpha value is -1.92. The monoisotopic (exact) mass is 332 g/mol. The summed E-state index contributed by atoms with van der Waals surface area (Å²) < 4.78 is 11.3. The Bertz CT molecular complexity index is 633. The summed E-state index contributed by atoms with van der Waals surface area (Å²) in [5.74, 6) is -0.0169. The van der Waals surface area contributed by atoms with Crippen molar-refractivity contribution in [2.45, 2.75) is 25.4 Å². The summed E-state index contributed by atoms with van der Waals surface area (Å²) >= 11 is 0. The topological polar surface area (TPSA) is 59.1 Å². The van der Waals surface area contributed by atoms with Gasteiger partial charge in [0.2, 0.25) is 11.8 Å². The number of para-hydroxylation sites is 1. The van der Waals surface area contributed by atoms with Gasteiger partial charge < -0.3 is 19.3 Å². The Morgan fingerprint density at radius 1 is 1.29 bits per heavy atom. The van der Waals surface area contributed by atoms with Crippen molar-refractivity contribution in [3.63, 3.8) is 0 Å². The van der Waals surface area contributed by atoms with Gasteiger partial charge >= 0.3 is 0 Å². The molecule has 24 heavy (non-hydrogen) atoms. The van der Waals surface area contributed by atoms with E-state index >= 15 is 0 Å². The van der Waals surface area contributed by atoms with Crippen LogP contribution < -0.4 is 4.90 Å². The highest BCUT2D eigenvalue weighted by Crippen LogP contribution is 2.30. The number of ether oxygens (including phenoxy) is 2. The number of amides is 2. The molecule has 1 atom stereocenters. The fraction of sp³-hybridized carbons (Fsp3) is 0.556. The number of carbonyl (C=O) groups excluding carboxylic acids is 2. The van der Waals surface area contributed by atoms with Crippen LogP contribution in [0.5, 0.6) is 0 Å². The molecule has 2 aliphatic heterocycles. The highest BCUT2D eigenvalue weighted by Gasteiger charge is 2.40. The lowest BCUT2D eigenvalue weighted by atomic mass is 9.98. The van der Waals surface area contributed by atoms with Crippen LogP contribution in [0.2, 0.25) is 0 Å². The van der Waals surface area contributed by atoms with E-state index in [9.17, 15) is 9.59 Å². The molecule has 2 aliphatic rings. The maximum Gasteiger partial charge on any atom is 0.230 e. The van der Waals surface area contributed by atoms with Crippen LogP contribution in [0.3, 0.4) is 0 Å². The third kappa shape index (κ3) is 3.30. The van der Waals surface area contributed by atoms with Gasteiger partial charge in [-0.05, 0) is 18.1 Å². The summed E-state index contributed by atoms with van der Waals surface area (Å²) in [4.78, 5) is 28.2. The number of rotatable bonds is 3. The number of anilines is 1. The smallest absolute Gasteiger partial charge is 0.230 e. The molecule has 6 nitrogen and oxygen atoms in total. The molecule has 1 aromatic carbocycles. The molecule has 2 heterocycles. The van der Waals surface area contributed by atoms with Crippen molar-refractivity contribution >= 4 is 17.5 Å². The quantitative estimate of drug-likeness (QED) is 0.835. The van der Waals surface area contributed by atoms with Crippen LogP contribution in [0.15, 0.2) is 24.3 Å². The number of carbonyl (C=O) groups is 2. The molecule has 0 bridgehead atoms. The minimum absolute atomic E-state index is 0.0100. The molecule has 0 aliphatic carbocycles. The van der Waals surface area contributed by atoms with Gasteiger partial charge in [0.1, 0.15) is 5.60 Å². The maximum absolute atomic E-state index is 12.9. The van der Waals surface area contributed by atoms with Gasteiger partial charge in [-0.1, -0.05) is 18.2 Å². The maximum atomic E-state index is 12.9. The fourth-order valence-corrected chi connectivity index (χ4v) is 3.45. The molecule has 0 aromatic heterocycles. The van der Waals surface area contributed by atoms with Crippen LogP contribution in [0.1, 0.15) is 18.9 Å². The third-order valence-corrected chi connectivity index (χ3v) is 4.89. The van der Waals surface area contributed by atoms with E-state index in [1.807, 2.05) is 23.1 Å². The number of methoxy groups -OCH3 is 1. The number of nitrogens with zero attached hydrogens (tertiary/aromatic N) is 2. The Labute approximate surface area is 142 Å². The lowest BCUT2D eigenvalue weighted by molar-refractivity contribution is -0.138. The molecule has 1 unspecified atom stereocenters. The van der Waals surface area contributed by atoms with Crippen molar-refractivity contribution in [2.24, 2.45) is 0 Å². The van der Waals surface area contributed by atoms with Crippen molar-refractivity contribution in [3.05, 3.63) is 29.8 Å². The normalized spacial score (nSPS) is 23.8. The first-order valence-electron chi connectivity index (χ1n) is 8.31. The van der Waals surface area contributed by atoms with Gasteiger partial charge in [-0.25, -0.2) is 0 Å². The van der Waals surface area contributed by atoms with E-state index in [0.29, 0.717) is 32.8 Å². The number of hydrogen-bond donors (Lipinski definition) is 0. The minimum Gasteiger partial charge on any atom is -0.377 e. The Kier molecular flexibility index (Phi) is 4.87. The molecule has 6 heteroatoms. The van der Waals surface area contributed by atoms with Crippen molar-refractivity contribution in [3.8, 4) is 0 Å². The zero-order valence-corrected chi connectivity index (χ0v) is 14.3. The zero-order chi connectivity index (χ0) is 17.2. The number of hydrogen-bond acceptors (Lipinski definition) is 4. The second kappa shape index (κ2) is 6.91. The molecule has 2 amide bonds. The SMILES string of the molecule is COC1(CC(=O)N2CCc3ccccc32)COCCN(C(C)=O)C1. The van der Waals surface area contributed by atoms with E-state index in [1.165, 1.54) is 12.5 Å². The van der Waals surface area contributed by atoms with Gasteiger partial charge in [-0.15, -0.1) is 0 Å². The third-order valence-electron chi connectivity index (χ3n) is 4.89. The standard InChI is InChI=1S/C18H24N2O4/c1-14(21)19-9-10-24-13-18(12-19,23-2)11-17(22)20-8-7-15-5-3-4-6-16(15)20/h3-6H,7-13H2,1-2H3. The molecular formula is C18H24N2O4. The van der Waals surface area contributed by atoms with E-state index in [2.05, 4.69) is 6.07 Å². The average Bonchev–Trinajstić information content (AvgIpc) is 2.89. The average molecular weight is 332 g/mol. The summed E-state index contributed by atoms with van der Waals surface area (Å²) in [7, 11) is 1.58. The predicted octanol–water partition coefficient (Wildman–Crippen LogP) is 1.23. The first-order chi connectivity index (χ1) is 11.5. The van der Waals surface area contributed by atoms with Crippen LogP contribution in [0.4, 0.5) is 5.69 Å². The molecule has 0 spiro atoms. The highest BCUT2D eigenvalue weighted by molar-refractivity contribution is 5.96. The van der Waals surface area contributed by atoms with Crippen molar-refractivity contribution in [1.82, 2.24) is 4.90 Å². The molecule has 0 saturated carbocycles. The lowest BCUT2D eigenvalue weighted by Gasteiger charge is -2.34. The van der Waals surface area contributed by atoms with Gasteiger partial charge in [0.05, 0.1) is 26.2 Å².